The standard InChI is InChI=1S/C35H66O5/c1-3-5-7-9-11-13-15-17-19-21-23-25-27-29-34(37)39-31-33(36)32-40-35(38)30-28-26-24-22-20-18-16-14-12-10-8-6-4-2/h3-32H2,1-2H3. The van der Waals surface area contributed by atoms with E-state index >= 15 is 0 Å². The number of carbonyl (C=O) groups excluding carboxylic acids is 3. The molecule has 0 aromatic rings. The molecular formula is C35H66O5. The van der Waals surface area contributed by atoms with Crippen molar-refractivity contribution in [3.63, 3.8) is 0 Å². The van der Waals surface area contributed by atoms with E-state index in [-0.39, 0.29) is 30.9 Å². The Labute approximate surface area is 248 Å². The van der Waals surface area contributed by atoms with Crippen LogP contribution in [0, 0.1) is 0 Å². The molecule has 236 valence electrons. The number of Topliss-reactive ketones (excluding diaryl/α,β-unsaturated/α-hetero) is 1. The fraction of sp³-hybridized carbons (Fsp3) is 0.914. The summed E-state index contributed by atoms with van der Waals surface area (Å²) in [6.07, 6.45) is 33.5. The van der Waals surface area contributed by atoms with E-state index in [0.717, 1.165) is 38.5 Å². The molecule has 0 unspecified atom stereocenters. The Kier molecular flexibility index (Phi) is 31.0. The van der Waals surface area contributed by atoms with Crippen molar-refractivity contribution in [3.05, 3.63) is 0 Å². The molecule has 40 heavy (non-hydrogen) atoms. The van der Waals surface area contributed by atoms with Crippen LogP contribution < -0.4 is 0 Å². The molecule has 0 N–H and O–H groups in total. The van der Waals surface area contributed by atoms with E-state index in [1.54, 1.807) is 0 Å². The largest absolute Gasteiger partial charge is 0.458 e. The minimum absolute atomic E-state index is 0.302. The number of ether oxygens (including phenoxy) is 2. The number of hydrogen-bond donors (Lipinski definition) is 0. The van der Waals surface area contributed by atoms with Crippen molar-refractivity contribution in [2.75, 3.05) is 13.2 Å². The normalized spacial score (nSPS) is 11.1. The van der Waals surface area contributed by atoms with Gasteiger partial charge in [-0.25, -0.2) is 0 Å². The van der Waals surface area contributed by atoms with E-state index in [1.807, 2.05) is 0 Å². The average Bonchev–Trinajstić information content (AvgIpc) is 2.95. The zero-order valence-corrected chi connectivity index (χ0v) is 26.8. The van der Waals surface area contributed by atoms with Gasteiger partial charge in [0.15, 0.2) is 13.2 Å². The molecule has 0 rings (SSSR count). The van der Waals surface area contributed by atoms with Crippen molar-refractivity contribution < 1.29 is 23.9 Å². The van der Waals surface area contributed by atoms with Crippen LogP contribution in [-0.4, -0.2) is 30.9 Å². The van der Waals surface area contributed by atoms with E-state index in [2.05, 4.69) is 13.8 Å². The molecule has 0 atom stereocenters. The van der Waals surface area contributed by atoms with Gasteiger partial charge in [0, 0.05) is 12.8 Å². The predicted molar refractivity (Wildman–Crippen MR) is 168 cm³/mol. The van der Waals surface area contributed by atoms with Gasteiger partial charge >= 0.3 is 11.9 Å². The molecule has 0 bridgehead atoms. The highest BCUT2D eigenvalue weighted by Gasteiger charge is 2.11. The lowest BCUT2D eigenvalue weighted by Gasteiger charge is -2.06. The number of rotatable bonds is 32. The topological polar surface area (TPSA) is 69.7 Å². The van der Waals surface area contributed by atoms with Crippen LogP contribution in [0.1, 0.15) is 194 Å². The Morgan fingerprint density at radius 3 is 0.825 bits per heavy atom. The van der Waals surface area contributed by atoms with E-state index < -0.39 is 0 Å². The van der Waals surface area contributed by atoms with Crippen LogP contribution in [0.3, 0.4) is 0 Å². The first-order chi connectivity index (χ1) is 19.6. The molecule has 0 aromatic carbocycles. The summed E-state index contributed by atoms with van der Waals surface area (Å²) in [7, 11) is 0. The van der Waals surface area contributed by atoms with Crippen molar-refractivity contribution in [3.8, 4) is 0 Å². The summed E-state index contributed by atoms with van der Waals surface area (Å²) >= 11 is 0. The van der Waals surface area contributed by atoms with Crippen LogP contribution in [-0.2, 0) is 23.9 Å². The van der Waals surface area contributed by atoms with E-state index in [0.29, 0.717) is 12.8 Å². The molecule has 0 fully saturated rings. The third kappa shape index (κ3) is 31.1. The zero-order chi connectivity index (χ0) is 29.4. The number of ketones is 1. The SMILES string of the molecule is CCCCCCCCCCCCCCCC(=O)OCC(=O)COC(=O)CCCCCCCCCCCCCCC. The molecule has 0 radical (unpaired) electrons. The Morgan fingerprint density at radius 2 is 0.575 bits per heavy atom. The molecule has 0 saturated carbocycles. The van der Waals surface area contributed by atoms with Crippen molar-refractivity contribution in [2.45, 2.75) is 194 Å². The van der Waals surface area contributed by atoms with Crippen LogP contribution in [0.25, 0.3) is 0 Å². The van der Waals surface area contributed by atoms with Crippen molar-refractivity contribution in [2.24, 2.45) is 0 Å². The van der Waals surface area contributed by atoms with Crippen molar-refractivity contribution >= 4 is 17.7 Å². The number of carbonyl (C=O) groups is 3. The summed E-state index contributed by atoms with van der Waals surface area (Å²) < 4.78 is 10.1. The second-order valence-electron chi connectivity index (χ2n) is 11.8. The fourth-order valence-electron chi connectivity index (χ4n) is 5.08. The minimum Gasteiger partial charge on any atom is -0.458 e. The highest BCUT2D eigenvalue weighted by Crippen LogP contribution is 2.14. The average molecular weight is 567 g/mol. The van der Waals surface area contributed by atoms with Gasteiger partial charge < -0.3 is 9.47 Å². The van der Waals surface area contributed by atoms with Gasteiger partial charge in [0.05, 0.1) is 0 Å². The smallest absolute Gasteiger partial charge is 0.306 e. The third-order valence-electron chi connectivity index (χ3n) is 7.76. The Morgan fingerprint density at radius 1 is 0.350 bits per heavy atom. The summed E-state index contributed by atoms with van der Waals surface area (Å²) in [6, 6.07) is 0. The number of hydrogen-bond acceptors (Lipinski definition) is 5. The second kappa shape index (κ2) is 32.1. The van der Waals surface area contributed by atoms with Crippen molar-refractivity contribution in [1.82, 2.24) is 0 Å². The van der Waals surface area contributed by atoms with Crippen LogP contribution >= 0.6 is 0 Å². The lowest BCUT2D eigenvalue weighted by Crippen LogP contribution is -2.20. The monoisotopic (exact) mass is 566 g/mol. The van der Waals surface area contributed by atoms with Gasteiger partial charge in [0.1, 0.15) is 0 Å². The minimum atomic E-state index is -0.363. The molecule has 0 spiro atoms. The lowest BCUT2D eigenvalue weighted by atomic mass is 10.0. The van der Waals surface area contributed by atoms with Gasteiger partial charge in [-0.1, -0.05) is 168 Å². The van der Waals surface area contributed by atoms with Gasteiger partial charge in [-0.15, -0.1) is 0 Å². The van der Waals surface area contributed by atoms with Gasteiger partial charge in [-0.05, 0) is 12.8 Å². The Bertz CT molecular complexity index is 526. The number of esters is 2. The van der Waals surface area contributed by atoms with Gasteiger partial charge in [-0.2, -0.15) is 0 Å². The van der Waals surface area contributed by atoms with Crippen LogP contribution in [0.5, 0.6) is 0 Å². The van der Waals surface area contributed by atoms with Crippen LogP contribution in [0.4, 0.5) is 0 Å². The first kappa shape index (κ1) is 38.6. The third-order valence-corrected chi connectivity index (χ3v) is 7.76. The molecule has 0 aromatic heterocycles. The van der Waals surface area contributed by atoms with E-state index in [1.165, 1.54) is 128 Å². The molecular weight excluding hydrogens is 500 g/mol. The summed E-state index contributed by atoms with van der Waals surface area (Å²) in [5.41, 5.74) is 0. The first-order valence-corrected chi connectivity index (χ1v) is 17.4. The maximum absolute atomic E-state index is 11.9. The molecule has 0 aliphatic carbocycles. The molecule has 5 heteroatoms. The lowest BCUT2D eigenvalue weighted by molar-refractivity contribution is -0.153. The van der Waals surface area contributed by atoms with Gasteiger partial charge in [0.25, 0.3) is 0 Å². The van der Waals surface area contributed by atoms with Gasteiger partial charge in [-0.3, -0.25) is 14.4 Å². The summed E-state index contributed by atoms with van der Waals surface area (Å²) in [5.74, 6) is -1.04. The highest BCUT2D eigenvalue weighted by molar-refractivity contribution is 5.85. The quantitative estimate of drug-likeness (QED) is 0.0598. The van der Waals surface area contributed by atoms with E-state index in [9.17, 15) is 14.4 Å². The summed E-state index contributed by atoms with van der Waals surface area (Å²) in [5, 5.41) is 0. The fourth-order valence-corrected chi connectivity index (χ4v) is 5.08. The van der Waals surface area contributed by atoms with E-state index in [4.69, 9.17) is 9.47 Å². The van der Waals surface area contributed by atoms with Crippen LogP contribution in [0.15, 0.2) is 0 Å². The molecule has 0 heterocycles. The Hall–Kier alpha value is -1.39. The maximum atomic E-state index is 11.9. The Balaban J connectivity index is 3.40. The molecule has 0 aliphatic heterocycles. The first-order valence-electron chi connectivity index (χ1n) is 17.4. The van der Waals surface area contributed by atoms with Crippen LogP contribution in [0.2, 0.25) is 0 Å². The molecule has 0 amide bonds. The summed E-state index contributed by atoms with van der Waals surface area (Å²) in [6.45, 7) is 3.91. The molecule has 0 saturated heterocycles. The van der Waals surface area contributed by atoms with Crippen molar-refractivity contribution in [1.29, 1.82) is 0 Å². The maximum Gasteiger partial charge on any atom is 0.306 e. The molecule has 5 nitrogen and oxygen atoms in total. The zero-order valence-electron chi connectivity index (χ0n) is 26.8. The predicted octanol–water partition coefficient (Wildman–Crippen LogP) is 10.6. The highest BCUT2D eigenvalue weighted by atomic mass is 16.6. The number of unbranched alkanes of at least 4 members (excludes halogenated alkanes) is 24. The second-order valence-corrected chi connectivity index (χ2v) is 11.8. The molecule has 0 aliphatic rings. The summed E-state index contributed by atoms with van der Waals surface area (Å²) in [4.78, 5) is 35.6. The van der Waals surface area contributed by atoms with Gasteiger partial charge in [0.2, 0.25) is 5.78 Å².